The van der Waals surface area contributed by atoms with Crippen molar-refractivity contribution in [2.24, 2.45) is 0 Å². The molecule has 0 unspecified atom stereocenters. The lowest BCUT2D eigenvalue weighted by molar-refractivity contribution is 0.787. The predicted molar refractivity (Wildman–Crippen MR) is 103 cm³/mol. The Kier molecular flexibility index (Phi) is 5.23. The Hall–Kier alpha value is -2.66. The van der Waals surface area contributed by atoms with E-state index in [-0.39, 0.29) is 0 Å². The number of nitrogens with zero attached hydrogens (tertiary/aromatic N) is 1. The van der Waals surface area contributed by atoms with Gasteiger partial charge in [-0.1, -0.05) is 49.6 Å². The summed E-state index contributed by atoms with van der Waals surface area (Å²) in [7, 11) is 0. The first-order valence-corrected chi connectivity index (χ1v) is 8.72. The third-order valence-electron chi connectivity index (χ3n) is 4.24. The summed E-state index contributed by atoms with van der Waals surface area (Å²) in [5, 5.41) is 4.68. The van der Waals surface area contributed by atoms with Gasteiger partial charge < -0.3 is 9.88 Å². The van der Waals surface area contributed by atoms with Gasteiger partial charge in [0.05, 0.1) is 12.2 Å². The molecule has 0 aliphatic carbocycles. The molecule has 0 aliphatic heterocycles. The van der Waals surface area contributed by atoms with E-state index in [1.54, 1.807) is 0 Å². The molecule has 0 bridgehead atoms. The molecule has 0 spiro atoms. The van der Waals surface area contributed by atoms with Crippen molar-refractivity contribution in [3.05, 3.63) is 65.9 Å². The van der Waals surface area contributed by atoms with Gasteiger partial charge in [0.1, 0.15) is 0 Å². The van der Waals surface area contributed by atoms with Crippen LogP contribution in [0.2, 0.25) is 0 Å². The first-order valence-electron chi connectivity index (χ1n) is 8.72. The molecule has 0 fully saturated rings. The summed E-state index contributed by atoms with van der Waals surface area (Å²) in [5.41, 5.74) is 4.93. The Morgan fingerprint density at radius 2 is 1.83 bits per heavy atom. The van der Waals surface area contributed by atoms with E-state index in [1.165, 1.54) is 22.9 Å². The third-order valence-corrected chi connectivity index (χ3v) is 4.24. The standard InChI is InChI=1S/C22H24N2/c1-3-10-18-11-8-15-22-21(18)17-20(24(22)4-2)14-9-16-23-19-12-6-5-7-13-19/h5-8,11-13,15,17,23H,3-4,10,16H2,1-2H3. The number of anilines is 1. The van der Waals surface area contributed by atoms with Gasteiger partial charge in [0.25, 0.3) is 0 Å². The van der Waals surface area contributed by atoms with Crippen LogP contribution in [-0.2, 0) is 13.0 Å². The first kappa shape index (κ1) is 16.2. The van der Waals surface area contributed by atoms with Gasteiger partial charge in [0.15, 0.2) is 0 Å². The average molecular weight is 316 g/mol. The second-order valence-electron chi connectivity index (χ2n) is 5.90. The van der Waals surface area contributed by atoms with Crippen molar-refractivity contribution in [2.45, 2.75) is 33.2 Å². The minimum Gasteiger partial charge on any atom is -0.374 e. The minimum absolute atomic E-state index is 0.650. The van der Waals surface area contributed by atoms with Gasteiger partial charge in [-0.3, -0.25) is 0 Å². The maximum Gasteiger partial charge on any atom is 0.0931 e. The van der Waals surface area contributed by atoms with Crippen LogP contribution in [0.5, 0.6) is 0 Å². The quantitative estimate of drug-likeness (QED) is 0.650. The number of rotatable bonds is 5. The van der Waals surface area contributed by atoms with Crippen LogP contribution in [-0.4, -0.2) is 11.1 Å². The topological polar surface area (TPSA) is 17.0 Å². The number of benzene rings is 2. The van der Waals surface area contributed by atoms with Crippen molar-refractivity contribution in [1.82, 2.24) is 4.57 Å². The van der Waals surface area contributed by atoms with E-state index in [9.17, 15) is 0 Å². The van der Waals surface area contributed by atoms with Crippen molar-refractivity contribution in [1.29, 1.82) is 0 Å². The van der Waals surface area contributed by atoms with Gasteiger partial charge in [-0.05, 0) is 49.1 Å². The Morgan fingerprint density at radius 3 is 2.58 bits per heavy atom. The summed E-state index contributed by atoms with van der Waals surface area (Å²) in [6.45, 7) is 6.00. The number of aryl methyl sites for hydroxylation is 2. The molecule has 0 aliphatic rings. The molecular weight excluding hydrogens is 292 g/mol. The molecule has 1 N–H and O–H groups in total. The zero-order chi connectivity index (χ0) is 16.8. The Balaban J connectivity index is 1.84. The van der Waals surface area contributed by atoms with E-state index < -0.39 is 0 Å². The summed E-state index contributed by atoms with van der Waals surface area (Å²) in [6.07, 6.45) is 2.28. The molecule has 2 nitrogen and oxygen atoms in total. The van der Waals surface area contributed by atoms with Crippen LogP contribution in [0, 0.1) is 11.8 Å². The lowest BCUT2D eigenvalue weighted by Gasteiger charge is -2.05. The fraction of sp³-hybridized carbons (Fsp3) is 0.273. The fourth-order valence-electron chi connectivity index (χ4n) is 3.11. The van der Waals surface area contributed by atoms with Crippen LogP contribution in [0.15, 0.2) is 54.6 Å². The third kappa shape index (κ3) is 3.46. The molecule has 122 valence electrons. The summed E-state index contributed by atoms with van der Waals surface area (Å²) < 4.78 is 2.31. The molecule has 0 radical (unpaired) electrons. The fourth-order valence-corrected chi connectivity index (χ4v) is 3.11. The molecule has 0 amide bonds. The van der Waals surface area contributed by atoms with Crippen LogP contribution in [0.25, 0.3) is 10.9 Å². The first-order chi connectivity index (χ1) is 11.8. The Labute approximate surface area is 144 Å². The van der Waals surface area contributed by atoms with Crippen molar-refractivity contribution in [3.8, 4) is 11.8 Å². The van der Waals surface area contributed by atoms with Gasteiger partial charge >= 0.3 is 0 Å². The number of nitrogens with one attached hydrogen (secondary N) is 1. The van der Waals surface area contributed by atoms with E-state index in [4.69, 9.17) is 0 Å². The normalized spacial score (nSPS) is 10.4. The molecule has 3 aromatic rings. The zero-order valence-electron chi connectivity index (χ0n) is 14.5. The van der Waals surface area contributed by atoms with Crippen LogP contribution in [0.4, 0.5) is 5.69 Å². The number of para-hydroxylation sites is 1. The minimum atomic E-state index is 0.650. The number of hydrogen-bond donors (Lipinski definition) is 1. The predicted octanol–water partition coefficient (Wildman–Crippen LogP) is 5.08. The molecule has 2 heteroatoms. The Morgan fingerprint density at radius 1 is 1.00 bits per heavy atom. The molecule has 0 saturated heterocycles. The van der Waals surface area contributed by atoms with E-state index >= 15 is 0 Å². The summed E-state index contributed by atoms with van der Waals surface area (Å²) in [6, 6.07) is 19.0. The Bertz CT molecular complexity index is 863. The number of fused-ring (bicyclic) bond motifs is 1. The van der Waals surface area contributed by atoms with Crippen molar-refractivity contribution < 1.29 is 0 Å². The number of aromatic nitrogens is 1. The molecule has 0 atom stereocenters. The summed E-state index contributed by atoms with van der Waals surface area (Å²) in [5.74, 6) is 6.60. The van der Waals surface area contributed by atoms with Crippen LogP contribution in [0.1, 0.15) is 31.5 Å². The summed E-state index contributed by atoms with van der Waals surface area (Å²) >= 11 is 0. The highest BCUT2D eigenvalue weighted by molar-refractivity contribution is 5.85. The van der Waals surface area contributed by atoms with Gasteiger partial charge in [0.2, 0.25) is 0 Å². The lowest BCUT2D eigenvalue weighted by atomic mass is 10.1. The van der Waals surface area contributed by atoms with Crippen molar-refractivity contribution in [3.63, 3.8) is 0 Å². The largest absolute Gasteiger partial charge is 0.374 e. The highest BCUT2D eigenvalue weighted by Gasteiger charge is 2.08. The van der Waals surface area contributed by atoms with Gasteiger partial charge in [0, 0.05) is 23.1 Å². The lowest BCUT2D eigenvalue weighted by Crippen LogP contribution is -2.00. The highest BCUT2D eigenvalue weighted by atomic mass is 15.0. The molecule has 2 aromatic carbocycles. The highest BCUT2D eigenvalue weighted by Crippen LogP contribution is 2.24. The van der Waals surface area contributed by atoms with Crippen LogP contribution >= 0.6 is 0 Å². The molecule has 1 heterocycles. The molecule has 24 heavy (non-hydrogen) atoms. The monoisotopic (exact) mass is 316 g/mol. The maximum absolute atomic E-state index is 3.34. The van der Waals surface area contributed by atoms with Gasteiger partial charge in [-0.2, -0.15) is 0 Å². The van der Waals surface area contributed by atoms with Gasteiger partial charge in [-0.15, -0.1) is 0 Å². The maximum atomic E-state index is 3.34. The van der Waals surface area contributed by atoms with Crippen LogP contribution in [0.3, 0.4) is 0 Å². The molecule has 3 rings (SSSR count). The molecule has 0 saturated carbocycles. The smallest absolute Gasteiger partial charge is 0.0931 e. The summed E-state index contributed by atoms with van der Waals surface area (Å²) in [4.78, 5) is 0. The van der Waals surface area contributed by atoms with Crippen molar-refractivity contribution in [2.75, 3.05) is 11.9 Å². The van der Waals surface area contributed by atoms with E-state index in [2.05, 4.69) is 72.0 Å². The van der Waals surface area contributed by atoms with E-state index in [0.717, 1.165) is 24.3 Å². The number of hydrogen-bond acceptors (Lipinski definition) is 1. The second kappa shape index (κ2) is 7.75. The van der Waals surface area contributed by atoms with E-state index in [1.807, 2.05) is 18.2 Å². The molecular formula is C22H24N2. The SMILES string of the molecule is CCCc1cccc2c1cc(C#CCNc1ccccc1)n2CC. The van der Waals surface area contributed by atoms with E-state index in [0.29, 0.717) is 6.54 Å². The zero-order valence-corrected chi connectivity index (χ0v) is 14.5. The average Bonchev–Trinajstić information content (AvgIpc) is 2.98. The van der Waals surface area contributed by atoms with Crippen molar-refractivity contribution >= 4 is 16.6 Å². The van der Waals surface area contributed by atoms with Gasteiger partial charge in [-0.25, -0.2) is 0 Å². The van der Waals surface area contributed by atoms with Crippen LogP contribution < -0.4 is 5.32 Å². The second-order valence-corrected chi connectivity index (χ2v) is 5.90. The molecule has 1 aromatic heterocycles.